The molecule has 13 heteroatoms. The Morgan fingerprint density at radius 2 is 1.94 bits per heavy atom. The van der Waals surface area contributed by atoms with E-state index < -0.39 is 40.0 Å². The lowest BCUT2D eigenvalue weighted by Gasteiger charge is -2.21. The van der Waals surface area contributed by atoms with Gasteiger partial charge in [0, 0.05) is 18.3 Å². The van der Waals surface area contributed by atoms with Crippen LogP contribution in [0, 0.1) is 21.4 Å². The Morgan fingerprint density at radius 3 is 2.55 bits per heavy atom. The van der Waals surface area contributed by atoms with E-state index >= 15 is 0 Å². The molecule has 0 saturated heterocycles. The summed E-state index contributed by atoms with van der Waals surface area (Å²) in [6.45, 7) is -1.35. The third kappa shape index (κ3) is 7.28. The number of ether oxygens (including phenoxy) is 1. The molecule has 0 aromatic heterocycles. The number of carbonyl (C=O) groups excluding carboxylic acids is 2. The molecule has 1 amide bonds. The summed E-state index contributed by atoms with van der Waals surface area (Å²) in [5, 5.41) is 19.9. The van der Waals surface area contributed by atoms with E-state index in [0.717, 1.165) is 17.8 Å². The van der Waals surface area contributed by atoms with E-state index in [9.17, 15) is 28.1 Å². The van der Waals surface area contributed by atoms with Gasteiger partial charge in [-0.1, -0.05) is 18.2 Å². The molecule has 0 aliphatic rings. The molecule has 1 N–H and O–H groups in total. The van der Waals surface area contributed by atoms with Crippen LogP contribution >= 0.6 is 11.8 Å². The van der Waals surface area contributed by atoms with E-state index in [0.29, 0.717) is 5.69 Å². The van der Waals surface area contributed by atoms with Crippen LogP contribution in [0.5, 0.6) is 0 Å². The van der Waals surface area contributed by atoms with Gasteiger partial charge in [0.25, 0.3) is 11.6 Å². The van der Waals surface area contributed by atoms with Crippen LogP contribution in [0.3, 0.4) is 0 Å². The van der Waals surface area contributed by atoms with E-state index in [4.69, 9.17) is 10.00 Å². The van der Waals surface area contributed by atoms with Crippen molar-refractivity contribution >= 4 is 45.0 Å². The summed E-state index contributed by atoms with van der Waals surface area (Å²) in [5.74, 6) is -1.61. The molecule has 2 aromatic carbocycles. The highest BCUT2D eigenvalue weighted by atomic mass is 32.2. The number of nitro benzene ring substituents is 1. The molecule has 0 fully saturated rings. The first kappa shape index (κ1) is 25.8. The number of carbonyl (C=O) groups is 2. The standard InChI is InChI=1S/C20H20N4O7S2/c1-32-18-9-8-16(12-17(18)24(27)28)33(29,30)22-13-20(26)31-14-19(25)23(11-5-10-21)15-6-3-2-4-7-15/h2-4,6-9,12,22H,5,11,13-14H2,1H3. The zero-order chi connectivity index (χ0) is 24.4. The van der Waals surface area contributed by atoms with Crippen LogP contribution in [-0.2, 0) is 24.3 Å². The second kappa shape index (κ2) is 12.0. The van der Waals surface area contributed by atoms with Gasteiger partial charge in [0.2, 0.25) is 10.0 Å². The van der Waals surface area contributed by atoms with E-state index in [2.05, 4.69) is 0 Å². The molecule has 0 aliphatic carbocycles. The van der Waals surface area contributed by atoms with Crippen LogP contribution < -0.4 is 9.62 Å². The summed E-state index contributed by atoms with van der Waals surface area (Å²) in [7, 11) is -4.24. The summed E-state index contributed by atoms with van der Waals surface area (Å²) in [6.07, 6.45) is 1.68. The molecule has 0 unspecified atom stereocenters. The molecule has 2 rings (SSSR count). The van der Waals surface area contributed by atoms with Crippen molar-refractivity contribution in [2.75, 3.05) is 30.9 Å². The second-order valence-electron chi connectivity index (χ2n) is 6.37. The van der Waals surface area contributed by atoms with Crippen LogP contribution in [0.15, 0.2) is 58.3 Å². The van der Waals surface area contributed by atoms with Gasteiger partial charge in [-0.2, -0.15) is 9.98 Å². The fourth-order valence-corrected chi connectivity index (χ4v) is 4.19. The average Bonchev–Trinajstić information content (AvgIpc) is 2.81. The van der Waals surface area contributed by atoms with Crippen molar-refractivity contribution < 1.29 is 27.7 Å². The van der Waals surface area contributed by atoms with Crippen LogP contribution in [0.25, 0.3) is 0 Å². The first-order valence-electron chi connectivity index (χ1n) is 9.39. The second-order valence-corrected chi connectivity index (χ2v) is 8.98. The summed E-state index contributed by atoms with van der Waals surface area (Å²) < 4.78 is 31.7. The highest BCUT2D eigenvalue weighted by Gasteiger charge is 2.23. The van der Waals surface area contributed by atoms with Crippen LogP contribution in [0.4, 0.5) is 11.4 Å². The molecule has 174 valence electrons. The summed E-state index contributed by atoms with van der Waals surface area (Å²) in [5.41, 5.74) is 0.140. The monoisotopic (exact) mass is 492 g/mol. The molecule has 0 atom stereocenters. The third-order valence-electron chi connectivity index (χ3n) is 4.24. The number of nitro groups is 1. The Balaban J connectivity index is 1.99. The predicted molar refractivity (Wildman–Crippen MR) is 120 cm³/mol. The maximum atomic E-state index is 12.5. The maximum absolute atomic E-state index is 12.5. The number of thioether (sulfide) groups is 1. The number of para-hydroxylation sites is 1. The fourth-order valence-electron chi connectivity index (χ4n) is 2.66. The molecule has 0 aliphatic heterocycles. The Bertz CT molecular complexity index is 1160. The van der Waals surface area contributed by atoms with Gasteiger partial charge in [-0.05, 0) is 30.5 Å². The van der Waals surface area contributed by atoms with Crippen molar-refractivity contribution in [2.24, 2.45) is 0 Å². The number of hydrogen-bond acceptors (Lipinski definition) is 9. The Hall–Kier alpha value is -3.47. The number of nitriles is 1. The summed E-state index contributed by atoms with van der Waals surface area (Å²) >= 11 is 1.09. The molecule has 0 radical (unpaired) electrons. The van der Waals surface area contributed by atoms with Crippen LogP contribution in [0.1, 0.15) is 6.42 Å². The highest BCUT2D eigenvalue weighted by Crippen LogP contribution is 2.29. The van der Waals surface area contributed by atoms with Crippen molar-refractivity contribution in [3.8, 4) is 6.07 Å². The first-order chi connectivity index (χ1) is 15.7. The first-order valence-corrected chi connectivity index (χ1v) is 12.1. The number of sulfonamides is 1. The lowest BCUT2D eigenvalue weighted by atomic mass is 10.2. The molecule has 0 spiro atoms. The maximum Gasteiger partial charge on any atom is 0.321 e. The number of benzene rings is 2. The molecule has 11 nitrogen and oxygen atoms in total. The quantitative estimate of drug-likeness (QED) is 0.214. The number of nitrogens with one attached hydrogen (secondary N) is 1. The van der Waals surface area contributed by atoms with Crippen LogP contribution in [-0.4, -0.2) is 51.2 Å². The van der Waals surface area contributed by atoms with E-state index in [1.807, 2.05) is 10.8 Å². The highest BCUT2D eigenvalue weighted by molar-refractivity contribution is 7.98. The lowest BCUT2D eigenvalue weighted by molar-refractivity contribution is -0.388. The topological polar surface area (TPSA) is 160 Å². The van der Waals surface area contributed by atoms with Crippen molar-refractivity contribution in [3.63, 3.8) is 0 Å². The van der Waals surface area contributed by atoms with Gasteiger partial charge in [0.05, 0.1) is 27.2 Å². The number of hydrogen-bond donors (Lipinski definition) is 1. The zero-order valence-electron chi connectivity index (χ0n) is 17.5. The van der Waals surface area contributed by atoms with Gasteiger partial charge in [-0.25, -0.2) is 8.42 Å². The number of esters is 1. The van der Waals surface area contributed by atoms with Gasteiger partial charge in [-0.3, -0.25) is 19.7 Å². The summed E-state index contributed by atoms with van der Waals surface area (Å²) in [6, 6.07) is 13.8. The summed E-state index contributed by atoms with van der Waals surface area (Å²) in [4.78, 5) is 36.1. The van der Waals surface area contributed by atoms with Gasteiger partial charge < -0.3 is 9.64 Å². The molecule has 33 heavy (non-hydrogen) atoms. The van der Waals surface area contributed by atoms with Crippen molar-refractivity contribution in [3.05, 3.63) is 58.6 Å². The fraction of sp³-hybridized carbons (Fsp3) is 0.250. The Kier molecular flexibility index (Phi) is 9.34. The minimum absolute atomic E-state index is 0.0653. The minimum Gasteiger partial charge on any atom is -0.455 e. The van der Waals surface area contributed by atoms with E-state index in [-0.39, 0.29) is 28.4 Å². The predicted octanol–water partition coefficient (Wildman–Crippen LogP) is 2.09. The average molecular weight is 493 g/mol. The number of nitrogens with zero attached hydrogens (tertiary/aromatic N) is 3. The molecule has 2 aromatic rings. The zero-order valence-corrected chi connectivity index (χ0v) is 19.1. The van der Waals surface area contributed by atoms with Gasteiger partial charge in [0.15, 0.2) is 6.61 Å². The van der Waals surface area contributed by atoms with Gasteiger partial charge >= 0.3 is 5.97 Å². The van der Waals surface area contributed by atoms with Gasteiger partial charge in [-0.15, -0.1) is 11.8 Å². The van der Waals surface area contributed by atoms with Crippen LogP contribution in [0.2, 0.25) is 0 Å². The molecular formula is C20H20N4O7S2. The van der Waals surface area contributed by atoms with Crippen molar-refractivity contribution in [2.45, 2.75) is 16.2 Å². The Morgan fingerprint density at radius 1 is 1.24 bits per heavy atom. The minimum atomic E-state index is -4.24. The number of amides is 1. The largest absolute Gasteiger partial charge is 0.455 e. The Labute approximate surface area is 194 Å². The molecule has 0 heterocycles. The van der Waals surface area contributed by atoms with Crippen molar-refractivity contribution in [1.82, 2.24) is 4.72 Å². The van der Waals surface area contributed by atoms with Crippen molar-refractivity contribution in [1.29, 1.82) is 5.26 Å². The molecular weight excluding hydrogens is 472 g/mol. The number of rotatable bonds is 11. The molecule has 0 saturated carbocycles. The number of anilines is 1. The smallest absolute Gasteiger partial charge is 0.321 e. The third-order valence-corrected chi connectivity index (χ3v) is 6.42. The van der Waals surface area contributed by atoms with E-state index in [1.165, 1.54) is 17.0 Å². The normalized spacial score (nSPS) is 10.8. The SMILES string of the molecule is CSc1ccc(S(=O)(=O)NCC(=O)OCC(=O)N(CCC#N)c2ccccc2)cc1[N+](=O)[O-]. The lowest BCUT2D eigenvalue weighted by Crippen LogP contribution is -2.37. The van der Waals surface area contributed by atoms with Gasteiger partial charge in [0.1, 0.15) is 6.54 Å². The molecule has 0 bridgehead atoms. The van der Waals surface area contributed by atoms with E-state index in [1.54, 1.807) is 36.6 Å².